The zero-order valence-corrected chi connectivity index (χ0v) is 17.4. The van der Waals surface area contributed by atoms with Crippen LogP contribution in [0.4, 0.5) is 0 Å². The van der Waals surface area contributed by atoms with Crippen molar-refractivity contribution in [2.45, 2.75) is 50.4 Å². The number of benzene rings is 1. The van der Waals surface area contributed by atoms with Gasteiger partial charge in [-0.2, -0.15) is 0 Å². The molecule has 1 aromatic heterocycles. The average molecular weight is 423 g/mol. The first-order valence-corrected chi connectivity index (χ1v) is 10.6. The van der Waals surface area contributed by atoms with Gasteiger partial charge < -0.3 is 10.6 Å². The fourth-order valence-corrected chi connectivity index (χ4v) is 4.62. The number of carbonyl (C=O) groups is 2. The number of piperidine rings is 1. The quantitative estimate of drug-likeness (QED) is 0.589. The van der Waals surface area contributed by atoms with E-state index in [2.05, 4.69) is 4.98 Å². The Kier molecular flexibility index (Phi) is 6.30. The summed E-state index contributed by atoms with van der Waals surface area (Å²) in [5, 5.41) is 1.43. The molecule has 2 amide bonds. The van der Waals surface area contributed by atoms with Crippen molar-refractivity contribution in [2.24, 2.45) is 5.73 Å². The summed E-state index contributed by atoms with van der Waals surface area (Å²) in [6.45, 7) is 4.31. The van der Waals surface area contributed by atoms with E-state index in [1.807, 2.05) is 13.8 Å². The molecule has 28 heavy (non-hydrogen) atoms. The van der Waals surface area contributed by atoms with Gasteiger partial charge >= 0.3 is 0 Å². The molecule has 2 N–H and O–H groups in total. The van der Waals surface area contributed by atoms with Gasteiger partial charge in [-0.25, -0.2) is 4.98 Å². The number of rotatable bonds is 5. The number of carbonyl (C=O) groups excluding carboxylic acids is 2. The molecule has 0 saturated carbocycles. The topological polar surface area (TPSA) is 98.3 Å². The third-order valence-corrected chi connectivity index (χ3v) is 6.00. The Morgan fingerprint density at radius 1 is 1.36 bits per heavy atom. The summed E-state index contributed by atoms with van der Waals surface area (Å²) >= 11 is 7.23. The lowest BCUT2D eigenvalue weighted by atomic mass is 10.0. The number of nitrogens with two attached hydrogens (primary N) is 1. The molecule has 1 aliphatic rings. The van der Waals surface area contributed by atoms with E-state index in [9.17, 15) is 14.4 Å². The fraction of sp³-hybridized carbons (Fsp3) is 0.474. The van der Waals surface area contributed by atoms with Crippen LogP contribution in [-0.4, -0.2) is 44.6 Å². The van der Waals surface area contributed by atoms with Crippen LogP contribution in [-0.2, 0) is 9.59 Å². The molecule has 0 unspecified atom stereocenters. The Hall–Kier alpha value is -2.06. The number of halogens is 1. The molecule has 0 bridgehead atoms. The van der Waals surface area contributed by atoms with E-state index < -0.39 is 11.9 Å². The zero-order valence-electron chi connectivity index (χ0n) is 15.9. The molecule has 2 aromatic rings. The first kappa shape index (κ1) is 20.7. The molecule has 150 valence electrons. The standard InChI is InChI=1S/C19H23ClN4O3S/c1-11(2)24-18(27)13-7-6-12(20)9-14(13)22-19(24)28-10-16(25)23-8-4-3-5-15(23)17(21)26/h6-7,9,11,15H,3-5,8,10H2,1-2H3,(H2,21,26)/t15-/m0/s1. The number of likely N-dealkylation sites (tertiary alicyclic amines) is 1. The lowest BCUT2D eigenvalue weighted by Gasteiger charge is -2.33. The van der Waals surface area contributed by atoms with Gasteiger partial charge in [0.25, 0.3) is 5.56 Å². The minimum Gasteiger partial charge on any atom is -0.368 e. The number of aromatic nitrogens is 2. The van der Waals surface area contributed by atoms with E-state index in [1.165, 1.54) is 11.8 Å². The van der Waals surface area contributed by atoms with Crippen molar-refractivity contribution in [3.05, 3.63) is 33.6 Å². The van der Waals surface area contributed by atoms with E-state index in [-0.39, 0.29) is 23.3 Å². The van der Waals surface area contributed by atoms with Crippen LogP contribution in [0.1, 0.15) is 39.2 Å². The maximum Gasteiger partial charge on any atom is 0.262 e. The highest BCUT2D eigenvalue weighted by Crippen LogP contribution is 2.24. The predicted octanol–water partition coefficient (Wildman–Crippen LogP) is 2.59. The van der Waals surface area contributed by atoms with Crippen molar-refractivity contribution in [3.8, 4) is 0 Å². The molecule has 2 heterocycles. The highest BCUT2D eigenvalue weighted by atomic mass is 35.5. The van der Waals surface area contributed by atoms with Crippen LogP contribution in [0.5, 0.6) is 0 Å². The molecule has 7 nitrogen and oxygen atoms in total. The van der Waals surface area contributed by atoms with Gasteiger partial charge in [0.2, 0.25) is 11.8 Å². The maximum atomic E-state index is 12.9. The summed E-state index contributed by atoms with van der Waals surface area (Å²) in [6.07, 6.45) is 2.32. The number of hydrogen-bond acceptors (Lipinski definition) is 5. The summed E-state index contributed by atoms with van der Waals surface area (Å²) in [6, 6.07) is 4.29. The van der Waals surface area contributed by atoms with Crippen LogP contribution in [0, 0.1) is 0 Å². The molecule has 1 aromatic carbocycles. The molecule has 1 aliphatic heterocycles. The Labute approximate surface area is 172 Å². The van der Waals surface area contributed by atoms with Gasteiger partial charge in [-0.1, -0.05) is 23.4 Å². The molecular formula is C19H23ClN4O3S. The van der Waals surface area contributed by atoms with E-state index in [1.54, 1.807) is 27.7 Å². The first-order valence-electron chi connectivity index (χ1n) is 9.23. The molecule has 0 aliphatic carbocycles. The number of thioether (sulfide) groups is 1. The number of hydrogen-bond donors (Lipinski definition) is 1. The van der Waals surface area contributed by atoms with Gasteiger partial charge in [-0.05, 0) is 51.3 Å². The van der Waals surface area contributed by atoms with Crippen LogP contribution in [0.2, 0.25) is 5.02 Å². The van der Waals surface area contributed by atoms with E-state index in [4.69, 9.17) is 17.3 Å². The SMILES string of the molecule is CC(C)n1c(SCC(=O)N2CCCC[C@H]2C(N)=O)nc2cc(Cl)ccc2c1=O. The van der Waals surface area contributed by atoms with Crippen molar-refractivity contribution in [2.75, 3.05) is 12.3 Å². The maximum absolute atomic E-state index is 12.9. The number of nitrogens with zero attached hydrogens (tertiary/aromatic N) is 3. The Morgan fingerprint density at radius 3 is 2.79 bits per heavy atom. The molecule has 1 saturated heterocycles. The Bertz CT molecular complexity index is 976. The van der Waals surface area contributed by atoms with Gasteiger partial charge in [0, 0.05) is 17.6 Å². The highest BCUT2D eigenvalue weighted by Gasteiger charge is 2.30. The van der Waals surface area contributed by atoms with Gasteiger partial charge in [-0.3, -0.25) is 19.0 Å². The summed E-state index contributed by atoms with van der Waals surface area (Å²) in [7, 11) is 0. The second-order valence-electron chi connectivity index (χ2n) is 7.11. The number of fused-ring (bicyclic) bond motifs is 1. The van der Waals surface area contributed by atoms with Crippen molar-refractivity contribution in [1.29, 1.82) is 0 Å². The molecule has 1 fully saturated rings. The van der Waals surface area contributed by atoms with Gasteiger partial charge in [-0.15, -0.1) is 0 Å². The van der Waals surface area contributed by atoms with Crippen molar-refractivity contribution >= 4 is 46.1 Å². The Morgan fingerprint density at radius 2 is 2.11 bits per heavy atom. The summed E-state index contributed by atoms with van der Waals surface area (Å²) < 4.78 is 1.58. The molecule has 3 rings (SSSR count). The molecule has 1 atom stereocenters. The average Bonchev–Trinajstić information content (AvgIpc) is 2.65. The molecule has 0 spiro atoms. The highest BCUT2D eigenvalue weighted by molar-refractivity contribution is 7.99. The van der Waals surface area contributed by atoms with Gasteiger partial charge in [0.05, 0.1) is 16.7 Å². The van der Waals surface area contributed by atoms with E-state index in [0.29, 0.717) is 34.0 Å². The van der Waals surface area contributed by atoms with Crippen molar-refractivity contribution in [3.63, 3.8) is 0 Å². The minimum absolute atomic E-state index is 0.0784. The van der Waals surface area contributed by atoms with Crippen molar-refractivity contribution < 1.29 is 9.59 Å². The largest absolute Gasteiger partial charge is 0.368 e. The van der Waals surface area contributed by atoms with Crippen LogP contribution in [0.25, 0.3) is 10.9 Å². The zero-order chi connectivity index (χ0) is 20.4. The smallest absolute Gasteiger partial charge is 0.262 e. The first-order chi connectivity index (χ1) is 13.3. The normalized spacial score (nSPS) is 17.3. The second-order valence-corrected chi connectivity index (χ2v) is 8.49. The third-order valence-electron chi connectivity index (χ3n) is 4.82. The second kappa shape index (κ2) is 8.53. The number of primary amides is 1. The van der Waals surface area contributed by atoms with Crippen LogP contribution in [0.3, 0.4) is 0 Å². The monoisotopic (exact) mass is 422 g/mol. The lowest BCUT2D eigenvalue weighted by molar-refractivity contribution is -0.138. The molecular weight excluding hydrogens is 400 g/mol. The van der Waals surface area contributed by atoms with E-state index in [0.717, 1.165) is 12.8 Å². The van der Waals surface area contributed by atoms with Crippen LogP contribution < -0.4 is 11.3 Å². The molecule has 9 heteroatoms. The van der Waals surface area contributed by atoms with Crippen LogP contribution in [0.15, 0.2) is 28.2 Å². The lowest BCUT2D eigenvalue weighted by Crippen LogP contribution is -2.51. The summed E-state index contributed by atoms with van der Waals surface area (Å²) in [5.74, 6) is -0.575. The van der Waals surface area contributed by atoms with Gasteiger partial charge in [0.1, 0.15) is 6.04 Å². The van der Waals surface area contributed by atoms with E-state index >= 15 is 0 Å². The predicted molar refractivity (Wildman–Crippen MR) is 111 cm³/mol. The summed E-state index contributed by atoms with van der Waals surface area (Å²) in [5.41, 5.74) is 5.78. The fourth-order valence-electron chi connectivity index (χ4n) is 3.44. The Balaban J connectivity index is 1.89. The van der Waals surface area contributed by atoms with Crippen LogP contribution >= 0.6 is 23.4 Å². The minimum atomic E-state index is -0.558. The third kappa shape index (κ3) is 4.17. The number of amides is 2. The van der Waals surface area contributed by atoms with Gasteiger partial charge in [0.15, 0.2) is 5.16 Å². The van der Waals surface area contributed by atoms with Crippen molar-refractivity contribution in [1.82, 2.24) is 14.5 Å². The summed E-state index contributed by atoms with van der Waals surface area (Å²) in [4.78, 5) is 43.4. The molecule has 0 radical (unpaired) electrons.